The van der Waals surface area contributed by atoms with Crippen molar-refractivity contribution in [2.45, 2.75) is 65.5 Å². The summed E-state index contributed by atoms with van der Waals surface area (Å²) < 4.78 is 42.3. The van der Waals surface area contributed by atoms with Gasteiger partial charge in [-0.15, -0.1) is 0 Å². The summed E-state index contributed by atoms with van der Waals surface area (Å²) in [7, 11) is 4.74. The Balaban J connectivity index is 1.52. The van der Waals surface area contributed by atoms with Crippen molar-refractivity contribution in [1.82, 2.24) is 9.80 Å². The third-order valence-corrected chi connectivity index (χ3v) is 9.90. The molecule has 2 bridgehead atoms. The van der Waals surface area contributed by atoms with Crippen LogP contribution >= 0.6 is 0 Å². The summed E-state index contributed by atoms with van der Waals surface area (Å²) in [4.78, 5) is 32.6. The normalized spacial score (nSPS) is 17.9. The lowest BCUT2D eigenvalue weighted by Crippen LogP contribution is -2.61. The van der Waals surface area contributed by atoms with Gasteiger partial charge < -0.3 is 38.1 Å². The van der Waals surface area contributed by atoms with E-state index in [1.54, 1.807) is 45.0 Å². The van der Waals surface area contributed by atoms with E-state index in [-0.39, 0.29) is 32.3 Å². The van der Waals surface area contributed by atoms with Crippen LogP contribution in [0.4, 0.5) is 4.79 Å². The van der Waals surface area contributed by atoms with Crippen molar-refractivity contribution in [3.63, 3.8) is 0 Å². The molecule has 0 spiro atoms. The van der Waals surface area contributed by atoms with Crippen LogP contribution in [0.1, 0.15) is 58.8 Å². The second kappa shape index (κ2) is 14.7. The quantitative estimate of drug-likeness (QED) is 0.164. The van der Waals surface area contributed by atoms with Crippen LogP contribution in [0.25, 0.3) is 6.08 Å². The third kappa shape index (κ3) is 6.34. The van der Waals surface area contributed by atoms with E-state index >= 15 is 4.79 Å². The lowest BCUT2D eigenvalue weighted by Gasteiger charge is -2.51. The summed E-state index contributed by atoms with van der Waals surface area (Å²) in [6.45, 7) is 7.97. The maximum atomic E-state index is 15.0. The molecule has 4 aromatic rings. The average molecular weight is 721 g/mol. The van der Waals surface area contributed by atoms with Crippen molar-refractivity contribution in [3.05, 3.63) is 111 Å². The summed E-state index contributed by atoms with van der Waals surface area (Å²) in [5, 5.41) is 0. The number of piperazine rings is 1. The van der Waals surface area contributed by atoms with Crippen molar-refractivity contribution >= 4 is 18.1 Å². The predicted octanol–water partition coefficient (Wildman–Crippen LogP) is 7.53. The Kier molecular flexibility index (Phi) is 9.83. The third-order valence-electron chi connectivity index (χ3n) is 9.90. The highest BCUT2D eigenvalue weighted by atomic mass is 16.7. The predicted molar refractivity (Wildman–Crippen MR) is 198 cm³/mol. The highest BCUT2D eigenvalue weighted by Crippen LogP contribution is 2.56. The van der Waals surface area contributed by atoms with Crippen LogP contribution in [-0.2, 0) is 29.1 Å². The minimum atomic E-state index is -0.904. The molecule has 3 aliphatic heterocycles. The van der Waals surface area contributed by atoms with Crippen molar-refractivity contribution in [1.29, 1.82) is 0 Å². The summed E-state index contributed by atoms with van der Waals surface area (Å²) in [6.07, 6.45) is 1.02. The van der Waals surface area contributed by atoms with Crippen LogP contribution in [0.5, 0.6) is 34.5 Å². The lowest BCUT2D eigenvalue weighted by atomic mass is 9.80. The fraction of sp³-hybridized carbons (Fsp3) is 0.333. The molecule has 4 aromatic carbocycles. The summed E-state index contributed by atoms with van der Waals surface area (Å²) in [5.74, 6) is 2.91. The number of methoxy groups -OCH3 is 3. The van der Waals surface area contributed by atoms with Crippen LogP contribution in [-0.4, -0.2) is 62.1 Å². The van der Waals surface area contributed by atoms with Crippen molar-refractivity contribution < 1.29 is 42.7 Å². The van der Waals surface area contributed by atoms with E-state index in [0.717, 1.165) is 27.8 Å². The molecule has 0 N–H and O–H groups in total. The zero-order valence-corrected chi connectivity index (χ0v) is 31.1. The molecule has 1 fully saturated rings. The number of ether oxygens (including phenoxy) is 7. The molecule has 0 saturated carbocycles. The van der Waals surface area contributed by atoms with Gasteiger partial charge in [-0.2, -0.15) is 0 Å². The molecule has 3 heterocycles. The Labute approximate surface area is 309 Å². The smallest absolute Gasteiger partial charge is 0.411 e. The zero-order valence-electron chi connectivity index (χ0n) is 31.1. The Hall–Kier alpha value is -5.84. The van der Waals surface area contributed by atoms with Crippen molar-refractivity contribution in [3.8, 4) is 34.5 Å². The molecule has 276 valence electrons. The highest BCUT2D eigenvalue weighted by molar-refractivity contribution is 5.93. The second-order valence-corrected chi connectivity index (χ2v) is 13.5. The summed E-state index contributed by atoms with van der Waals surface area (Å²) in [6, 6.07) is 19.7. The number of nitrogens with zero attached hydrogens (tertiary/aromatic N) is 2. The molecule has 53 heavy (non-hydrogen) atoms. The number of carbonyl (C=O) groups is 2. The van der Waals surface area contributed by atoms with Crippen LogP contribution in [0.2, 0.25) is 0 Å². The van der Waals surface area contributed by atoms with E-state index in [9.17, 15) is 4.79 Å². The molecule has 3 aliphatic rings. The molecule has 11 heteroatoms. The average Bonchev–Trinajstić information content (AvgIpc) is 3.63. The van der Waals surface area contributed by atoms with Gasteiger partial charge in [0.15, 0.2) is 23.0 Å². The van der Waals surface area contributed by atoms with Crippen molar-refractivity contribution in [2.24, 2.45) is 0 Å². The number of carbonyl (C=O) groups excluding carboxylic acids is 2. The molecule has 0 aliphatic carbocycles. The minimum Gasteiger partial charge on any atom is -0.496 e. The minimum absolute atomic E-state index is 0.0651. The summed E-state index contributed by atoms with van der Waals surface area (Å²) in [5.41, 5.74) is 5.90. The van der Waals surface area contributed by atoms with Gasteiger partial charge in [0.05, 0.1) is 34.0 Å². The topological polar surface area (TPSA) is 105 Å². The van der Waals surface area contributed by atoms with Gasteiger partial charge in [-0.05, 0) is 51.0 Å². The first kappa shape index (κ1) is 35.6. The van der Waals surface area contributed by atoms with Crippen LogP contribution < -0.4 is 28.4 Å². The number of hydrogen-bond donors (Lipinski definition) is 0. The van der Waals surface area contributed by atoms with Gasteiger partial charge in [0.2, 0.25) is 12.7 Å². The van der Waals surface area contributed by atoms with Gasteiger partial charge in [-0.1, -0.05) is 60.7 Å². The molecule has 0 radical (unpaired) electrons. The van der Waals surface area contributed by atoms with Gasteiger partial charge in [-0.25, -0.2) is 4.79 Å². The van der Waals surface area contributed by atoms with Crippen molar-refractivity contribution in [2.75, 3.05) is 28.1 Å². The van der Waals surface area contributed by atoms with Gasteiger partial charge in [0, 0.05) is 39.9 Å². The fourth-order valence-electron chi connectivity index (χ4n) is 7.65. The lowest BCUT2D eigenvalue weighted by molar-refractivity contribution is -0.141. The molecule has 7 rings (SSSR count). The molecular weight excluding hydrogens is 676 g/mol. The van der Waals surface area contributed by atoms with Gasteiger partial charge >= 0.3 is 6.09 Å². The van der Waals surface area contributed by atoms with E-state index in [4.69, 9.17) is 33.2 Å². The van der Waals surface area contributed by atoms with Crippen LogP contribution in [0.15, 0.2) is 72.4 Å². The molecule has 2 atom stereocenters. The number of fused-ring (bicyclic) bond motifs is 5. The SMILES string of the molecule is COc1c(C)c(OC)c(OC)c2c1C[C@H]1C(=O)N(Cc3ccccc3)C(=Cc3cc4c(c(C)c3OCc3ccccc3)OCO4)[C@@H]2N1C(=O)OC(C)C. The maximum Gasteiger partial charge on any atom is 0.411 e. The number of rotatable bonds is 10. The van der Waals surface area contributed by atoms with Gasteiger partial charge in [0.1, 0.15) is 30.2 Å². The van der Waals surface area contributed by atoms with E-state index in [2.05, 4.69) is 0 Å². The molecular formula is C42H44N2O9. The highest BCUT2D eigenvalue weighted by Gasteiger charge is 2.54. The van der Waals surface area contributed by atoms with E-state index in [1.807, 2.05) is 86.7 Å². The standard InChI is InChI=1S/C42H44N2O9/c1-24(2)53-42(46)44-32-20-30-34(40(49-7)39(48-6)26(4)37(30)47-5)35(44)31(43(41(32)45)21-27-14-10-8-11-15-27)18-29-19-33-38(52-23-51-33)25(3)36(29)50-22-28-16-12-9-13-17-28/h8-19,24,32,35H,20-23H2,1-7H3/t32-,35-/m0/s1. The van der Waals surface area contributed by atoms with E-state index in [1.165, 1.54) is 0 Å². The Morgan fingerprint density at radius 1 is 0.868 bits per heavy atom. The Morgan fingerprint density at radius 2 is 1.53 bits per heavy atom. The molecule has 11 nitrogen and oxygen atoms in total. The first-order valence-corrected chi connectivity index (χ1v) is 17.6. The second-order valence-electron chi connectivity index (χ2n) is 13.5. The number of benzene rings is 4. The largest absolute Gasteiger partial charge is 0.496 e. The van der Waals surface area contributed by atoms with E-state index in [0.29, 0.717) is 51.3 Å². The first-order valence-electron chi connectivity index (χ1n) is 17.6. The Bertz CT molecular complexity index is 2060. The zero-order chi connectivity index (χ0) is 37.4. The monoisotopic (exact) mass is 720 g/mol. The van der Waals surface area contributed by atoms with E-state index < -0.39 is 24.3 Å². The molecule has 2 amide bonds. The number of amides is 2. The molecule has 0 aromatic heterocycles. The summed E-state index contributed by atoms with van der Waals surface area (Å²) >= 11 is 0. The maximum absolute atomic E-state index is 15.0. The molecule has 1 saturated heterocycles. The van der Waals surface area contributed by atoms with Gasteiger partial charge in [0.25, 0.3) is 0 Å². The first-order chi connectivity index (χ1) is 25.7. The van der Waals surface area contributed by atoms with Crippen LogP contribution in [0.3, 0.4) is 0 Å². The van der Waals surface area contributed by atoms with Gasteiger partial charge in [-0.3, -0.25) is 9.69 Å². The fourth-order valence-corrected chi connectivity index (χ4v) is 7.65. The van der Waals surface area contributed by atoms with Crippen LogP contribution in [0, 0.1) is 13.8 Å². The number of hydrogen-bond acceptors (Lipinski definition) is 9. The Morgan fingerprint density at radius 3 is 2.17 bits per heavy atom. The molecule has 0 unspecified atom stereocenters.